The van der Waals surface area contributed by atoms with Gasteiger partial charge in [0.2, 0.25) is 5.91 Å². The Morgan fingerprint density at radius 2 is 2.12 bits per heavy atom. The van der Waals surface area contributed by atoms with Crippen LogP contribution in [0.15, 0.2) is 18.2 Å². The lowest BCUT2D eigenvalue weighted by Crippen LogP contribution is -2.34. The van der Waals surface area contributed by atoms with E-state index in [0.29, 0.717) is 6.42 Å². The van der Waals surface area contributed by atoms with Crippen molar-refractivity contribution in [3.8, 4) is 5.75 Å². The van der Waals surface area contributed by atoms with Gasteiger partial charge < -0.3 is 21.3 Å². The Morgan fingerprint density at radius 3 is 2.65 bits per heavy atom. The van der Waals surface area contributed by atoms with Gasteiger partial charge in [-0.25, -0.2) is 4.79 Å². The molecule has 0 aliphatic rings. The summed E-state index contributed by atoms with van der Waals surface area (Å²) in [7, 11) is 0. The van der Waals surface area contributed by atoms with Crippen molar-refractivity contribution in [1.29, 1.82) is 0 Å². The van der Waals surface area contributed by atoms with Crippen LogP contribution in [0.5, 0.6) is 5.75 Å². The van der Waals surface area contributed by atoms with Gasteiger partial charge in [0.15, 0.2) is 0 Å². The van der Waals surface area contributed by atoms with Crippen LogP contribution in [0.2, 0.25) is 0 Å². The first-order chi connectivity index (χ1) is 7.95. The number of aromatic hydroxyl groups is 1. The average Bonchev–Trinajstić information content (AvgIpc) is 2.30. The fourth-order valence-electron chi connectivity index (χ4n) is 1.18. The molecule has 0 spiro atoms. The Hall–Kier alpha value is -2.08. The van der Waals surface area contributed by atoms with Crippen LogP contribution >= 0.6 is 0 Å². The van der Waals surface area contributed by atoms with Gasteiger partial charge in [-0.2, -0.15) is 0 Å². The van der Waals surface area contributed by atoms with Crippen LogP contribution in [0.4, 0.5) is 5.69 Å². The van der Waals surface area contributed by atoms with E-state index in [4.69, 9.17) is 10.8 Å². The van der Waals surface area contributed by atoms with Crippen molar-refractivity contribution in [3.63, 3.8) is 0 Å². The third-order valence-corrected chi connectivity index (χ3v) is 2.28. The van der Waals surface area contributed by atoms with E-state index in [1.165, 1.54) is 18.2 Å². The van der Waals surface area contributed by atoms with E-state index >= 15 is 0 Å². The van der Waals surface area contributed by atoms with Crippen molar-refractivity contribution in [3.05, 3.63) is 23.8 Å². The van der Waals surface area contributed by atoms with Gasteiger partial charge >= 0.3 is 5.97 Å². The molecule has 17 heavy (non-hydrogen) atoms. The van der Waals surface area contributed by atoms with Crippen molar-refractivity contribution in [2.45, 2.75) is 19.4 Å². The highest BCUT2D eigenvalue weighted by Crippen LogP contribution is 2.24. The van der Waals surface area contributed by atoms with E-state index in [9.17, 15) is 14.7 Å². The van der Waals surface area contributed by atoms with Crippen molar-refractivity contribution in [1.82, 2.24) is 0 Å². The standard InChI is InChI=1S/C11H14N2O4/c1-2-7(12)10(15)13-8-5-6(11(16)17)3-4-9(8)14/h3-5,7,14H,2,12H2,1H3,(H,13,15)(H,16,17)/t7-/m0/s1. The SMILES string of the molecule is CC[C@H](N)C(=O)Nc1cc(C(=O)O)ccc1O. The van der Waals surface area contributed by atoms with Gasteiger partial charge in [-0.3, -0.25) is 4.79 Å². The zero-order valence-corrected chi connectivity index (χ0v) is 9.30. The lowest BCUT2D eigenvalue weighted by Gasteiger charge is -2.11. The minimum absolute atomic E-state index is 0.0248. The topological polar surface area (TPSA) is 113 Å². The quantitative estimate of drug-likeness (QED) is 0.578. The Bertz CT molecular complexity index is 445. The maximum absolute atomic E-state index is 11.5. The zero-order valence-electron chi connectivity index (χ0n) is 9.30. The van der Waals surface area contributed by atoms with Crippen molar-refractivity contribution in [2.24, 2.45) is 5.73 Å². The van der Waals surface area contributed by atoms with Gasteiger partial charge in [-0.05, 0) is 24.6 Å². The maximum atomic E-state index is 11.5. The second kappa shape index (κ2) is 5.31. The lowest BCUT2D eigenvalue weighted by molar-refractivity contribution is -0.117. The Kier molecular flexibility index (Phi) is 4.06. The van der Waals surface area contributed by atoms with E-state index in [0.717, 1.165) is 0 Å². The number of carboxylic acids is 1. The molecule has 0 bridgehead atoms. The van der Waals surface area contributed by atoms with Gasteiger partial charge in [0.05, 0.1) is 17.3 Å². The third-order valence-electron chi connectivity index (χ3n) is 2.28. The number of carboxylic acid groups (broad SMARTS) is 1. The van der Waals surface area contributed by atoms with E-state index in [1.807, 2.05) is 0 Å². The van der Waals surface area contributed by atoms with Crippen molar-refractivity contribution < 1.29 is 19.8 Å². The molecule has 6 nitrogen and oxygen atoms in total. The average molecular weight is 238 g/mol. The summed E-state index contributed by atoms with van der Waals surface area (Å²) < 4.78 is 0. The maximum Gasteiger partial charge on any atom is 0.335 e. The molecule has 0 heterocycles. The first-order valence-electron chi connectivity index (χ1n) is 5.08. The lowest BCUT2D eigenvalue weighted by atomic mass is 10.1. The molecule has 1 rings (SSSR count). The number of nitrogens with one attached hydrogen (secondary N) is 1. The highest BCUT2D eigenvalue weighted by molar-refractivity contribution is 5.97. The molecule has 6 heteroatoms. The number of amides is 1. The van der Waals surface area contributed by atoms with E-state index in [2.05, 4.69) is 5.32 Å². The van der Waals surface area contributed by atoms with Crippen LogP contribution in [-0.4, -0.2) is 28.1 Å². The van der Waals surface area contributed by atoms with Crippen molar-refractivity contribution in [2.75, 3.05) is 5.32 Å². The van der Waals surface area contributed by atoms with Crippen LogP contribution in [0, 0.1) is 0 Å². The number of hydrogen-bond donors (Lipinski definition) is 4. The van der Waals surface area contributed by atoms with E-state index < -0.39 is 17.9 Å². The van der Waals surface area contributed by atoms with E-state index in [-0.39, 0.29) is 17.0 Å². The number of benzene rings is 1. The molecule has 1 amide bonds. The molecule has 0 aliphatic heterocycles. The smallest absolute Gasteiger partial charge is 0.335 e. The highest BCUT2D eigenvalue weighted by atomic mass is 16.4. The molecule has 1 atom stereocenters. The largest absolute Gasteiger partial charge is 0.506 e. The Balaban J connectivity index is 2.94. The highest BCUT2D eigenvalue weighted by Gasteiger charge is 2.14. The number of anilines is 1. The molecule has 0 aliphatic carbocycles. The summed E-state index contributed by atoms with van der Waals surface area (Å²) in [6.07, 6.45) is 0.450. The van der Waals surface area contributed by atoms with Gasteiger partial charge in [-0.15, -0.1) is 0 Å². The summed E-state index contributed by atoms with van der Waals surface area (Å²) >= 11 is 0. The number of hydrogen-bond acceptors (Lipinski definition) is 4. The summed E-state index contributed by atoms with van der Waals surface area (Å²) in [5.74, 6) is -1.81. The first-order valence-corrected chi connectivity index (χ1v) is 5.08. The molecule has 0 fully saturated rings. The second-order valence-electron chi connectivity index (χ2n) is 3.54. The summed E-state index contributed by atoms with van der Waals surface area (Å²) in [5.41, 5.74) is 5.52. The summed E-state index contributed by atoms with van der Waals surface area (Å²) in [5, 5.41) is 20.6. The predicted octanol–water partition coefficient (Wildman–Crippen LogP) is 0.766. The zero-order chi connectivity index (χ0) is 13.0. The minimum Gasteiger partial charge on any atom is -0.506 e. The normalized spacial score (nSPS) is 11.9. The van der Waals surface area contributed by atoms with Gasteiger partial charge in [0.1, 0.15) is 5.75 Å². The Labute approximate surface area is 98.1 Å². The fourth-order valence-corrected chi connectivity index (χ4v) is 1.18. The summed E-state index contributed by atoms with van der Waals surface area (Å²) in [6.45, 7) is 1.75. The van der Waals surface area contributed by atoms with Gasteiger partial charge in [-0.1, -0.05) is 6.92 Å². The number of phenolic OH excluding ortho intramolecular Hbond substituents is 1. The molecule has 92 valence electrons. The second-order valence-corrected chi connectivity index (χ2v) is 3.54. The van der Waals surface area contributed by atoms with Crippen molar-refractivity contribution >= 4 is 17.6 Å². The first kappa shape index (κ1) is 13.0. The molecule has 0 radical (unpaired) electrons. The summed E-state index contributed by atoms with van der Waals surface area (Å²) in [4.78, 5) is 22.2. The fraction of sp³-hybridized carbons (Fsp3) is 0.273. The summed E-state index contributed by atoms with van der Waals surface area (Å²) in [6, 6.07) is 2.93. The molecular weight excluding hydrogens is 224 g/mol. The number of rotatable bonds is 4. The molecule has 1 aromatic rings. The molecule has 1 aromatic carbocycles. The number of carbonyl (C=O) groups is 2. The monoisotopic (exact) mass is 238 g/mol. The number of aromatic carboxylic acids is 1. The predicted molar refractivity (Wildman–Crippen MR) is 62.0 cm³/mol. The molecule has 5 N–H and O–H groups in total. The van der Waals surface area contributed by atoms with Crippen LogP contribution in [-0.2, 0) is 4.79 Å². The molecule has 0 aromatic heterocycles. The molecule has 0 saturated heterocycles. The number of nitrogens with two attached hydrogens (primary N) is 1. The number of carbonyl (C=O) groups excluding carboxylic acids is 1. The van der Waals surface area contributed by atoms with E-state index in [1.54, 1.807) is 6.92 Å². The Morgan fingerprint density at radius 1 is 1.47 bits per heavy atom. The van der Waals surface area contributed by atoms with Crippen LogP contribution < -0.4 is 11.1 Å². The van der Waals surface area contributed by atoms with Gasteiger partial charge in [0, 0.05) is 0 Å². The molecular formula is C11H14N2O4. The van der Waals surface area contributed by atoms with Crippen LogP contribution in [0.3, 0.4) is 0 Å². The minimum atomic E-state index is -1.14. The molecule has 0 unspecified atom stereocenters. The molecule has 0 saturated carbocycles. The van der Waals surface area contributed by atoms with Gasteiger partial charge in [0.25, 0.3) is 0 Å². The number of phenols is 1. The van der Waals surface area contributed by atoms with Crippen LogP contribution in [0.25, 0.3) is 0 Å². The third kappa shape index (κ3) is 3.18. The van der Waals surface area contributed by atoms with Crippen LogP contribution in [0.1, 0.15) is 23.7 Å².